The number of nitrogens with one attached hydrogen (secondary N) is 1. The number of rotatable bonds is 8. The van der Waals surface area contributed by atoms with Crippen molar-refractivity contribution in [2.75, 3.05) is 11.9 Å². The molecule has 0 unspecified atom stereocenters. The van der Waals surface area contributed by atoms with Gasteiger partial charge in [0, 0.05) is 12.3 Å². The Bertz CT molecular complexity index is 471. The molecule has 0 atom stereocenters. The molecule has 0 bridgehead atoms. The van der Waals surface area contributed by atoms with Gasteiger partial charge < -0.3 is 5.32 Å². The molecule has 1 heterocycles. The molecular weight excluding hydrogens is 274 g/mol. The topological polar surface area (TPSA) is 37.8 Å². The van der Waals surface area contributed by atoms with Gasteiger partial charge in [0.25, 0.3) is 0 Å². The highest BCUT2D eigenvalue weighted by Gasteiger charge is 2.04. The van der Waals surface area contributed by atoms with Crippen molar-refractivity contribution in [3.05, 3.63) is 35.9 Å². The molecule has 2 aromatic rings. The van der Waals surface area contributed by atoms with Gasteiger partial charge in [-0.05, 0) is 12.0 Å². The summed E-state index contributed by atoms with van der Waals surface area (Å²) >= 11 is 3.38. The third kappa shape index (κ3) is 5.20. The van der Waals surface area contributed by atoms with E-state index in [0.717, 1.165) is 21.8 Å². The largest absolute Gasteiger partial charge is 0.360 e. The van der Waals surface area contributed by atoms with E-state index in [1.807, 2.05) is 6.07 Å². The molecule has 0 saturated heterocycles. The monoisotopic (exact) mass is 293 g/mol. The normalized spacial score (nSPS) is 10.6. The molecule has 0 saturated carbocycles. The summed E-state index contributed by atoms with van der Waals surface area (Å²) in [6.07, 6.45) is 3.71. The van der Waals surface area contributed by atoms with Crippen LogP contribution in [0.1, 0.15) is 31.7 Å². The van der Waals surface area contributed by atoms with Crippen molar-refractivity contribution >= 4 is 28.2 Å². The molecule has 19 heavy (non-hydrogen) atoms. The molecule has 5 heteroatoms. The van der Waals surface area contributed by atoms with Gasteiger partial charge in [0.2, 0.25) is 5.13 Å². The molecular formula is C14H19N3S2. The van der Waals surface area contributed by atoms with E-state index < -0.39 is 0 Å². The molecule has 2 rings (SSSR count). The zero-order chi connectivity index (χ0) is 13.3. The van der Waals surface area contributed by atoms with E-state index in [2.05, 4.69) is 46.7 Å². The van der Waals surface area contributed by atoms with Crippen molar-refractivity contribution in [1.29, 1.82) is 0 Å². The van der Waals surface area contributed by atoms with E-state index in [4.69, 9.17) is 0 Å². The minimum absolute atomic E-state index is 0.937. The lowest BCUT2D eigenvalue weighted by Crippen LogP contribution is -2.00. The maximum Gasteiger partial charge on any atom is 0.206 e. The molecule has 1 N–H and O–H groups in total. The van der Waals surface area contributed by atoms with E-state index in [9.17, 15) is 0 Å². The SMILES string of the molecule is CCCCCNc1nnc(SCc2ccccc2)s1. The number of hydrogen-bond acceptors (Lipinski definition) is 5. The number of unbranched alkanes of at least 4 members (excludes halogenated alkanes) is 2. The molecule has 0 aliphatic rings. The maximum absolute atomic E-state index is 4.20. The highest BCUT2D eigenvalue weighted by atomic mass is 32.2. The third-order valence-electron chi connectivity index (χ3n) is 2.67. The van der Waals surface area contributed by atoms with Gasteiger partial charge in [-0.1, -0.05) is 73.2 Å². The predicted molar refractivity (Wildman–Crippen MR) is 83.9 cm³/mol. The van der Waals surface area contributed by atoms with Gasteiger partial charge in [0.05, 0.1) is 0 Å². The van der Waals surface area contributed by atoms with Crippen LogP contribution in [0.4, 0.5) is 5.13 Å². The van der Waals surface area contributed by atoms with Gasteiger partial charge in [0.1, 0.15) is 0 Å². The highest BCUT2D eigenvalue weighted by molar-refractivity contribution is 8.00. The van der Waals surface area contributed by atoms with Crippen molar-refractivity contribution in [2.45, 2.75) is 36.3 Å². The fraction of sp³-hybridized carbons (Fsp3) is 0.429. The Morgan fingerprint density at radius 1 is 1.16 bits per heavy atom. The van der Waals surface area contributed by atoms with Crippen LogP contribution in [0.25, 0.3) is 0 Å². The molecule has 0 aliphatic carbocycles. The fourth-order valence-corrected chi connectivity index (χ4v) is 3.36. The maximum atomic E-state index is 4.20. The van der Waals surface area contributed by atoms with E-state index in [0.29, 0.717) is 0 Å². The van der Waals surface area contributed by atoms with Crippen LogP contribution in [0.5, 0.6) is 0 Å². The Kier molecular flexibility index (Phi) is 6.17. The number of nitrogens with zero attached hydrogens (tertiary/aromatic N) is 2. The summed E-state index contributed by atoms with van der Waals surface area (Å²) in [7, 11) is 0. The molecule has 0 spiro atoms. The summed E-state index contributed by atoms with van der Waals surface area (Å²) in [6.45, 7) is 3.20. The number of benzene rings is 1. The van der Waals surface area contributed by atoms with Crippen LogP contribution in [-0.2, 0) is 5.75 Å². The first-order valence-electron chi connectivity index (χ1n) is 6.62. The fourth-order valence-electron chi connectivity index (χ4n) is 1.63. The molecule has 1 aromatic heterocycles. The molecule has 1 aromatic carbocycles. The molecule has 3 nitrogen and oxygen atoms in total. The summed E-state index contributed by atoms with van der Waals surface area (Å²) < 4.78 is 1.03. The summed E-state index contributed by atoms with van der Waals surface area (Å²) in [5.74, 6) is 0.950. The zero-order valence-corrected chi connectivity index (χ0v) is 12.8. The van der Waals surface area contributed by atoms with E-state index in [-0.39, 0.29) is 0 Å². The first kappa shape index (κ1) is 14.3. The van der Waals surface area contributed by atoms with E-state index in [1.54, 1.807) is 23.1 Å². The van der Waals surface area contributed by atoms with Crippen molar-refractivity contribution < 1.29 is 0 Å². The Hall–Kier alpha value is -1.07. The standard InChI is InChI=1S/C14H19N3S2/c1-2-3-7-10-15-13-16-17-14(19-13)18-11-12-8-5-4-6-9-12/h4-6,8-9H,2-3,7,10-11H2,1H3,(H,15,16). The number of anilines is 1. The van der Waals surface area contributed by atoms with Crippen LogP contribution in [0.15, 0.2) is 34.7 Å². The van der Waals surface area contributed by atoms with Gasteiger partial charge in [0.15, 0.2) is 4.34 Å². The lowest BCUT2D eigenvalue weighted by atomic mass is 10.2. The first-order valence-corrected chi connectivity index (χ1v) is 8.43. The molecule has 0 fully saturated rings. The van der Waals surface area contributed by atoms with E-state index in [1.165, 1.54) is 24.8 Å². The lowest BCUT2D eigenvalue weighted by Gasteiger charge is -1.99. The highest BCUT2D eigenvalue weighted by Crippen LogP contribution is 2.28. The van der Waals surface area contributed by atoms with Crippen molar-refractivity contribution in [1.82, 2.24) is 10.2 Å². The third-order valence-corrected chi connectivity index (χ3v) is 4.75. The minimum atomic E-state index is 0.937. The van der Waals surface area contributed by atoms with Crippen molar-refractivity contribution in [2.24, 2.45) is 0 Å². The van der Waals surface area contributed by atoms with Gasteiger partial charge >= 0.3 is 0 Å². The Morgan fingerprint density at radius 3 is 2.79 bits per heavy atom. The summed E-state index contributed by atoms with van der Waals surface area (Å²) in [5, 5.41) is 12.6. The second-order valence-corrected chi connectivity index (χ2v) is 6.48. The molecule has 0 radical (unpaired) electrons. The van der Waals surface area contributed by atoms with Crippen LogP contribution in [0, 0.1) is 0 Å². The molecule has 102 valence electrons. The Labute approximate surface area is 122 Å². The van der Waals surface area contributed by atoms with Crippen molar-refractivity contribution in [3.63, 3.8) is 0 Å². The van der Waals surface area contributed by atoms with Crippen LogP contribution in [-0.4, -0.2) is 16.7 Å². The quantitative estimate of drug-likeness (QED) is 0.577. The Morgan fingerprint density at radius 2 is 2.00 bits per heavy atom. The zero-order valence-electron chi connectivity index (χ0n) is 11.1. The van der Waals surface area contributed by atoms with Crippen LogP contribution >= 0.6 is 23.1 Å². The summed E-state index contributed by atoms with van der Waals surface area (Å²) in [6, 6.07) is 10.4. The average molecular weight is 293 g/mol. The number of thioether (sulfide) groups is 1. The predicted octanol–water partition coefficient (Wildman–Crippen LogP) is 4.43. The second kappa shape index (κ2) is 8.17. The molecule has 0 amide bonds. The van der Waals surface area contributed by atoms with Gasteiger partial charge in [-0.2, -0.15) is 0 Å². The Balaban J connectivity index is 1.74. The van der Waals surface area contributed by atoms with Crippen LogP contribution in [0.2, 0.25) is 0 Å². The van der Waals surface area contributed by atoms with Gasteiger partial charge in [-0.3, -0.25) is 0 Å². The van der Waals surface area contributed by atoms with Gasteiger partial charge in [-0.15, -0.1) is 10.2 Å². The average Bonchev–Trinajstić information content (AvgIpc) is 2.91. The molecule has 0 aliphatic heterocycles. The van der Waals surface area contributed by atoms with Crippen LogP contribution < -0.4 is 5.32 Å². The number of aromatic nitrogens is 2. The minimum Gasteiger partial charge on any atom is -0.360 e. The van der Waals surface area contributed by atoms with Gasteiger partial charge in [-0.25, -0.2) is 0 Å². The summed E-state index contributed by atoms with van der Waals surface area (Å²) in [4.78, 5) is 0. The van der Waals surface area contributed by atoms with E-state index >= 15 is 0 Å². The lowest BCUT2D eigenvalue weighted by molar-refractivity contribution is 0.742. The van der Waals surface area contributed by atoms with Crippen LogP contribution in [0.3, 0.4) is 0 Å². The summed E-state index contributed by atoms with van der Waals surface area (Å²) in [5.41, 5.74) is 1.32. The second-order valence-electron chi connectivity index (χ2n) is 4.28. The van der Waals surface area contributed by atoms with Crippen molar-refractivity contribution in [3.8, 4) is 0 Å². The first-order chi connectivity index (χ1) is 9.38. The number of hydrogen-bond donors (Lipinski definition) is 1. The smallest absolute Gasteiger partial charge is 0.206 e.